The minimum absolute atomic E-state index is 0.132. The first-order valence-electron chi connectivity index (χ1n) is 7.04. The zero-order chi connectivity index (χ0) is 15.6. The average Bonchev–Trinajstić information content (AvgIpc) is 2.57. The molecule has 1 unspecified atom stereocenters. The maximum absolute atomic E-state index is 13.1. The van der Waals surface area contributed by atoms with E-state index in [1.54, 1.807) is 6.07 Å². The molecule has 1 heterocycles. The highest BCUT2D eigenvalue weighted by atomic mass is 35.5. The van der Waals surface area contributed by atoms with Crippen LogP contribution < -0.4 is 4.90 Å². The Balaban J connectivity index is 2.35. The highest BCUT2D eigenvalue weighted by Gasteiger charge is 2.34. The third-order valence-electron chi connectivity index (χ3n) is 3.92. The van der Waals surface area contributed by atoms with E-state index in [0.717, 1.165) is 26.1 Å². The van der Waals surface area contributed by atoms with Crippen LogP contribution >= 0.6 is 11.6 Å². The minimum Gasteiger partial charge on any atom is -0.367 e. The molecule has 6 heteroatoms. The molecule has 2 rings (SSSR count). The van der Waals surface area contributed by atoms with Crippen LogP contribution in [0.25, 0.3) is 0 Å². The Bertz CT molecular complexity index is 490. The van der Waals surface area contributed by atoms with Crippen LogP contribution in [0.5, 0.6) is 0 Å². The summed E-state index contributed by atoms with van der Waals surface area (Å²) in [5, 5.41) is 0. The number of halogens is 4. The number of hydrogen-bond donors (Lipinski definition) is 0. The fourth-order valence-electron chi connectivity index (χ4n) is 2.88. The van der Waals surface area contributed by atoms with Gasteiger partial charge < -0.3 is 9.80 Å². The maximum Gasteiger partial charge on any atom is 0.416 e. The van der Waals surface area contributed by atoms with Gasteiger partial charge in [-0.25, -0.2) is 0 Å². The molecule has 0 radical (unpaired) electrons. The van der Waals surface area contributed by atoms with Crippen LogP contribution in [0.3, 0.4) is 0 Å². The second-order valence-electron chi connectivity index (χ2n) is 5.63. The highest BCUT2D eigenvalue weighted by Crippen LogP contribution is 2.36. The monoisotopic (exact) mass is 320 g/mol. The fraction of sp³-hybridized carbons (Fsp3) is 0.600. The number of hydrogen-bond acceptors (Lipinski definition) is 2. The summed E-state index contributed by atoms with van der Waals surface area (Å²) in [5.41, 5.74) is 0.131. The predicted octanol–water partition coefficient (Wildman–Crippen LogP) is 3.97. The molecular weight excluding hydrogens is 301 g/mol. The van der Waals surface area contributed by atoms with Gasteiger partial charge in [0.25, 0.3) is 0 Å². The van der Waals surface area contributed by atoms with Crippen molar-refractivity contribution >= 4 is 17.3 Å². The fourth-order valence-corrected chi connectivity index (χ4v) is 3.11. The number of alkyl halides is 4. The van der Waals surface area contributed by atoms with Crippen LogP contribution in [0.1, 0.15) is 24.5 Å². The van der Waals surface area contributed by atoms with Gasteiger partial charge in [-0.05, 0) is 44.6 Å². The normalized spacial score (nSPS) is 21.4. The van der Waals surface area contributed by atoms with Crippen molar-refractivity contribution < 1.29 is 13.2 Å². The molecule has 1 aliphatic rings. The topological polar surface area (TPSA) is 6.48 Å². The Kier molecular flexibility index (Phi) is 5.04. The number of rotatable bonds is 2. The lowest BCUT2D eigenvalue weighted by Crippen LogP contribution is -2.38. The summed E-state index contributed by atoms with van der Waals surface area (Å²) in [5.74, 6) is -0.132. The number of anilines is 1. The summed E-state index contributed by atoms with van der Waals surface area (Å²) in [6.45, 7) is 4.62. The molecule has 0 saturated carbocycles. The number of nitrogens with zero attached hydrogens (tertiary/aromatic N) is 2. The van der Waals surface area contributed by atoms with Crippen LogP contribution in [0.2, 0.25) is 0 Å². The van der Waals surface area contributed by atoms with Gasteiger partial charge in [0.15, 0.2) is 0 Å². The Labute approximate surface area is 128 Å². The van der Waals surface area contributed by atoms with E-state index in [9.17, 15) is 13.2 Å². The molecule has 0 aromatic heterocycles. The first kappa shape index (κ1) is 16.4. The van der Waals surface area contributed by atoms with Gasteiger partial charge >= 0.3 is 6.18 Å². The third kappa shape index (κ3) is 3.83. The van der Waals surface area contributed by atoms with Gasteiger partial charge in [0.2, 0.25) is 0 Å². The lowest BCUT2D eigenvalue weighted by Gasteiger charge is -2.31. The molecule has 0 spiro atoms. The van der Waals surface area contributed by atoms with E-state index in [1.165, 1.54) is 12.1 Å². The van der Waals surface area contributed by atoms with Crippen molar-refractivity contribution in [2.45, 2.75) is 31.4 Å². The van der Waals surface area contributed by atoms with Crippen LogP contribution in [0, 0.1) is 0 Å². The molecular formula is C15H20ClF3N2. The van der Waals surface area contributed by atoms with Crippen molar-refractivity contribution in [1.29, 1.82) is 0 Å². The van der Waals surface area contributed by atoms with E-state index in [2.05, 4.69) is 9.80 Å². The molecule has 0 aliphatic carbocycles. The summed E-state index contributed by atoms with van der Waals surface area (Å²) in [6, 6.07) is 4.65. The molecule has 1 atom stereocenters. The standard InChI is InChI=1S/C15H20ClF3N2/c1-11-10-20(2)6-3-7-21(11)13-5-4-12(9-16)14(8-13)15(17,18)19/h4-5,8,11H,3,6-7,9-10H2,1-2H3. The molecule has 2 nitrogen and oxygen atoms in total. The summed E-state index contributed by atoms with van der Waals surface area (Å²) < 4.78 is 39.4. The molecule has 1 saturated heterocycles. The maximum atomic E-state index is 13.1. The van der Waals surface area contributed by atoms with Crippen LogP contribution in [0.15, 0.2) is 18.2 Å². The largest absolute Gasteiger partial charge is 0.416 e. The molecule has 1 aliphatic heterocycles. The second-order valence-corrected chi connectivity index (χ2v) is 5.90. The van der Waals surface area contributed by atoms with Gasteiger partial charge in [-0.15, -0.1) is 11.6 Å². The molecule has 1 aromatic rings. The van der Waals surface area contributed by atoms with Crippen molar-refractivity contribution in [3.8, 4) is 0 Å². The predicted molar refractivity (Wildman–Crippen MR) is 79.9 cm³/mol. The molecule has 0 N–H and O–H groups in total. The van der Waals surface area contributed by atoms with Gasteiger partial charge in [-0.1, -0.05) is 6.07 Å². The van der Waals surface area contributed by atoms with E-state index >= 15 is 0 Å². The highest BCUT2D eigenvalue weighted by molar-refractivity contribution is 6.17. The molecule has 1 fully saturated rings. The van der Waals surface area contributed by atoms with Crippen LogP contribution in [-0.2, 0) is 12.1 Å². The Morgan fingerprint density at radius 3 is 2.62 bits per heavy atom. The van der Waals surface area contributed by atoms with Crippen LogP contribution in [-0.4, -0.2) is 37.6 Å². The Hall–Kier alpha value is -0.940. The van der Waals surface area contributed by atoms with E-state index < -0.39 is 11.7 Å². The molecule has 0 bridgehead atoms. The lowest BCUT2D eigenvalue weighted by atomic mass is 10.1. The zero-order valence-corrected chi connectivity index (χ0v) is 13.0. The van der Waals surface area contributed by atoms with Crippen LogP contribution in [0.4, 0.5) is 18.9 Å². The lowest BCUT2D eigenvalue weighted by molar-refractivity contribution is -0.138. The van der Waals surface area contributed by atoms with Crippen molar-refractivity contribution in [3.63, 3.8) is 0 Å². The quantitative estimate of drug-likeness (QED) is 0.761. The minimum atomic E-state index is -4.37. The zero-order valence-electron chi connectivity index (χ0n) is 12.3. The van der Waals surface area contributed by atoms with Gasteiger partial charge in [0.05, 0.1) is 5.56 Å². The van der Waals surface area contributed by atoms with Crippen molar-refractivity contribution in [2.24, 2.45) is 0 Å². The summed E-state index contributed by atoms with van der Waals surface area (Å²) >= 11 is 5.63. The average molecular weight is 321 g/mol. The van der Waals surface area contributed by atoms with E-state index in [0.29, 0.717) is 5.69 Å². The third-order valence-corrected chi connectivity index (χ3v) is 4.21. The molecule has 0 amide bonds. The summed E-state index contributed by atoms with van der Waals surface area (Å²) in [7, 11) is 2.04. The first-order chi connectivity index (χ1) is 9.82. The van der Waals surface area contributed by atoms with E-state index in [1.807, 2.05) is 14.0 Å². The van der Waals surface area contributed by atoms with Crippen molar-refractivity contribution in [3.05, 3.63) is 29.3 Å². The first-order valence-corrected chi connectivity index (χ1v) is 7.57. The second kappa shape index (κ2) is 6.44. The smallest absolute Gasteiger partial charge is 0.367 e. The number of benzene rings is 1. The molecule has 1 aromatic carbocycles. The molecule has 118 valence electrons. The Morgan fingerprint density at radius 1 is 1.29 bits per heavy atom. The van der Waals surface area contributed by atoms with Gasteiger partial charge in [0.1, 0.15) is 0 Å². The SMILES string of the molecule is CC1CN(C)CCCN1c1ccc(CCl)c(C(F)(F)F)c1. The summed E-state index contributed by atoms with van der Waals surface area (Å²) in [4.78, 5) is 4.26. The van der Waals surface area contributed by atoms with E-state index in [4.69, 9.17) is 11.6 Å². The van der Waals surface area contributed by atoms with Gasteiger partial charge in [-0.2, -0.15) is 13.2 Å². The molecule has 21 heavy (non-hydrogen) atoms. The summed E-state index contributed by atoms with van der Waals surface area (Å²) in [6.07, 6.45) is -3.43. The van der Waals surface area contributed by atoms with Gasteiger partial charge in [-0.3, -0.25) is 0 Å². The number of likely N-dealkylation sites (N-methyl/N-ethyl adjacent to an activating group) is 1. The van der Waals surface area contributed by atoms with Crippen molar-refractivity contribution in [2.75, 3.05) is 31.6 Å². The van der Waals surface area contributed by atoms with E-state index in [-0.39, 0.29) is 17.5 Å². The van der Waals surface area contributed by atoms with Gasteiger partial charge in [0, 0.05) is 30.7 Å². The Morgan fingerprint density at radius 2 is 2.00 bits per heavy atom. The van der Waals surface area contributed by atoms with Crippen molar-refractivity contribution in [1.82, 2.24) is 4.90 Å².